The number of hydrogen-bond acceptors (Lipinski definition) is 3. The van der Waals surface area contributed by atoms with Crippen LogP contribution < -0.4 is 10.6 Å². The topological polar surface area (TPSA) is 71.8 Å². The van der Waals surface area contributed by atoms with Crippen molar-refractivity contribution in [1.29, 1.82) is 0 Å². The first kappa shape index (κ1) is 18.2. The molecular formula is C18H17Cl2N5O. The van der Waals surface area contributed by atoms with Crippen molar-refractivity contribution in [2.75, 3.05) is 0 Å². The van der Waals surface area contributed by atoms with Crippen molar-refractivity contribution in [3.05, 3.63) is 76.4 Å². The Morgan fingerprint density at radius 1 is 1.27 bits per heavy atom. The van der Waals surface area contributed by atoms with Crippen LogP contribution in [0.1, 0.15) is 24.1 Å². The van der Waals surface area contributed by atoms with Gasteiger partial charge in [-0.2, -0.15) is 0 Å². The van der Waals surface area contributed by atoms with Gasteiger partial charge in [-0.3, -0.25) is 4.57 Å². The lowest BCUT2D eigenvalue weighted by atomic mass is 10.1. The summed E-state index contributed by atoms with van der Waals surface area (Å²) < 4.78 is 1.81. The SMILES string of the molecule is C[C@@H](NC(=O)NCc1ccc(-n2ccnc2)nc1)c1ccc(Cl)cc1Cl. The van der Waals surface area contributed by atoms with E-state index in [1.807, 2.05) is 25.3 Å². The molecule has 3 aromatic rings. The number of benzene rings is 1. The predicted octanol–water partition coefficient (Wildman–Crippen LogP) is 4.13. The first-order valence-electron chi connectivity index (χ1n) is 7.95. The number of hydrogen-bond donors (Lipinski definition) is 2. The number of imidazole rings is 1. The standard InChI is InChI=1S/C18H17Cl2N5O/c1-12(15-4-3-14(19)8-16(15)20)24-18(26)23-10-13-2-5-17(22-9-13)25-7-6-21-11-25/h2-9,11-12H,10H2,1H3,(H2,23,24,26)/t12-/m1/s1. The van der Waals surface area contributed by atoms with E-state index in [-0.39, 0.29) is 12.1 Å². The molecule has 1 atom stereocenters. The fourth-order valence-electron chi connectivity index (χ4n) is 2.43. The highest BCUT2D eigenvalue weighted by molar-refractivity contribution is 6.35. The van der Waals surface area contributed by atoms with Crippen molar-refractivity contribution >= 4 is 29.2 Å². The zero-order valence-electron chi connectivity index (χ0n) is 14.0. The molecule has 0 bridgehead atoms. The quantitative estimate of drug-likeness (QED) is 0.688. The molecule has 0 saturated carbocycles. The van der Waals surface area contributed by atoms with Crippen molar-refractivity contribution in [1.82, 2.24) is 25.2 Å². The second-order valence-electron chi connectivity index (χ2n) is 5.71. The Morgan fingerprint density at radius 3 is 2.77 bits per heavy atom. The number of carbonyl (C=O) groups excluding carboxylic acids is 1. The summed E-state index contributed by atoms with van der Waals surface area (Å²) in [6, 6.07) is 8.43. The molecule has 3 rings (SSSR count). The van der Waals surface area contributed by atoms with Crippen LogP contribution in [0, 0.1) is 0 Å². The van der Waals surface area contributed by atoms with Gasteiger partial charge in [-0.1, -0.05) is 35.3 Å². The molecule has 26 heavy (non-hydrogen) atoms. The summed E-state index contributed by atoms with van der Waals surface area (Å²) in [5.74, 6) is 0.765. The summed E-state index contributed by atoms with van der Waals surface area (Å²) in [5, 5.41) is 6.73. The molecule has 8 heteroatoms. The fourth-order valence-corrected chi connectivity index (χ4v) is 3.00. The van der Waals surface area contributed by atoms with E-state index < -0.39 is 0 Å². The number of pyridine rings is 1. The number of nitrogens with one attached hydrogen (secondary N) is 2. The van der Waals surface area contributed by atoms with Crippen LogP contribution in [0.5, 0.6) is 0 Å². The molecule has 2 heterocycles. The van der Waals surface area contributed by atoms with E-state index in [0.29, 0.717) is 16.6 Å². The molecular weight excluding hydrogens is 373 g/mol. The van der Waals surface area contributed by atoms with Gasteiger partial charge in [0.2, 0.25) is 0 Å². The van der Waals surface area contributed by atoms with Gasteiger partial charge in [-0.15, -0.1) is 0 Å². The molecule has 0 spiro atoms. The van der Waals surface area contributed by atoms with E-state index in [1.54, 1.807) is 41.5 Å². The van der Waals surface area contributed by atoms with E-state index in [2.05, 4.69) is 20.6 Å². The van der Waals surface area contributed by atoms with Crippen molar-refractivity contribution in [3.63, 3.8) is 0 Å². The lowest BCUT2D eigenvalue weighted by Crippen LogP contribution is -2.36. The summed E-state index contributed by atoms with van der Waals surface area (Å²) in [7, 11) is 0. The lowest BCUT2D eigenvalue weighted by molar-refractivity contribution is 0.237. The van der Waals surface area contributed by atoms with Crippen LogP contribution in [0.2, 0.25) is 10.0 Å². The highest BCUT2D eigenvalue weighted by Gasteiger charge is 2.12. The van der Waals surface area contributed by atoms with Gasteiger partial charge < -0.3 is 10.6 Å². The van der Waals surface area contributed by atoms with Gasteiger partial charge in [-0.05, 0) is 36.2 Å². The van der Waals surface area contributed by atoms with E-state index in [1.165, 1.54) is 0 Å². The third-order valence-corrected chi connectivity index (χ3v) is 4.37. The first-order chi connectivity index (χ1) is 12.5. The number of aromatic nitrogens is 3. The molecule has 0 aliphatic carbocycles. The second-order valence-corrected chi connectivity index (χ2v) is 6.55. The molecule has 6 nitrogen and oxygen atoms in total. The van der Waals surface area contributed by atoms with Gasteiger partial charge in [0.15, 0.2) is 0 Å². The molecule has 2 amide bonds. The van der Waals surface area contributed by atoms with Crippen LogP contribution in [-0.4, -0.2) is 20.6 Å². The Labute approximate surface area is 161 Å². The van der Waals surface area contributed by atoms with Crippen molar-refractivity contribution in [3.8, 4) is 5.82 Å². The van der Waals surface area contributed by atoms with Gasteiger partial charge in [0.05, 0.1) is 6.04 Å². The molecule has 0 aliphatic heterocycles. The molecule has 0 radical (unpaired) electrons. The van der Waals surface area contributed by atoms with Crippen LogP contribution in [0.15, 0.2) is 55.2 Å². The van der Waals surface area contributed by atoms with Crippen LogP contribution in [0.3, 0.4) is 0 Å². The van der Waals surface area contributed by atoms with E-state index in [4.69, 9.17) is 23.2 Å². The van der Waals surface area contributed by atoms with Gasteiger partial charge >= 0.3 is 6.03 Å². The first-order valence-corrected chi connectivity index (χ1v) is 8.71. The summed E-state index contributed by atoms with van der Waals surface area (Å²) >= 11 is 12.1. The number of nitrogens with zero attached hydrogens (tertiary/aromatic N) is 3. The Bertz CT molecular complexity index is 881. The summed E-state index contributed by atoms with van der Waals surface area (Å²) in [5.41, 5.74) is 1.69. The van der Waals surface area contributed by atoms with Crippen molar-refractivity contribution < 1.29 is 4.79 Å². The van der Waals surface area contributed by atoms with Crippen LogP contribution in [-0.2, 0) is 6.54 Å². The monoisotopic (exact) mass is 389 g/mol. The highest BCUT2D eigenvalue weighted by atomic mass is 35.5. The predicted molar refractivity (Wildman–Crippen MR) is 102 cm³/mol. The molecule has 0 saturated heterocycles. The number of amides is 2. The number of rotatable bonds is 5. The van der Waals surface area contributed by atoms with Crippen LogP contribution in [0.25, 0.3) is 5.82 Å². The maximum absolute atomic E-state index is 12.1. The largest absolute Gasteiger partial charge is 0.334 e. The zero-order valence-corrected chi connectivity index (χ0v) is 15.5. The Kier molecular flexibility index (Phi) is 5.75. The molecule has 2 N–H and O–H groups in total. The summed E-state index contributed by atoms with van der Waals surface area (Å²) in [4.78, 5) is 20.4. The Morgan fingerprint density at radius 2 is 2.12 bits per heavy atom. The fraction of sp³-hybridized carbons (Fsp3) is 0.167. The summed E-state index contributed by atoms with van der Waals surface area (Å²) in [6.07, 6.45) is 6.90. The molecule has 1 aromatic carbocycles. The van der Waals surface area contributed by atoms with Gasteiger partial charge in [0.25, 0.3) is 0 Å². The van der Waals surface area contributed by atoms with Crippen LogP contribution >= 0.6 is 23.2 Å². The average molecular weight is 390 g/mol. The molecule has 0 fully saturated rings. The normalized spacial score (nSPS) is 11.8. The molecule has 0 unspecified atom stereocenters. The third kappa shape index (κ3) is 4.53. The summed E-state index contributed by atoms with van der Waals surface area (Å²) in [6.45, 7) is 2.22. The Hall–Kier alpha value is -2.57. The van der Waals surface area contributed by atoms with Crippen molar-refractivity contribution in [2.45, 2.75) is 19.5 Å². The average Bonchev–Trinajstić information content (AvgIpc) is 3.15. The van der Waals surface area contributed by atoms with Gasteiger partial charge in [0.1, 0.15) is 12.1 Å². The molecule has 0 aliphatic rings. The van der Waals surface area contributed by atoms with Gasteiger partial charge in [0, 0.05) is 35.2 Å². The number of carbonyl (C=O) groups is 1. The zero-order chi connectivity index (χ0) is 18.5. The maximum atomic E-state index is 12.1. The van der Waals surface area contributed by atoms with Gasteiger partial charge in [-0.25, -0.2) is 14.8 Å². The Balaban J connectivity index is 1.53. The van der Waals surface area contributed by atoms with Crippen LogP contribution in [0.4, 0.5) is 4.79 Å². The highest BCUT2D eigenvalue weighted by Crippen LogP contribution is 2.25. The molecule has 134 valence electrons. The van der Waals surface area contributed by atoms with Crippen molar-refractivity contribution in [2.24, 2.45) is 0 Å². The smallest absolute Gasteiger partial charge is 0.315 e. The maximum Gasteiger partial charge on any atom is 0.315 e. The minimum Gasteiger partial charge on any atom is -0.334 e. The second kappa shape index (κ2) is 8.21. The van der Waals surface area contributed by atoms with E-state index >= 15 is 0 Å². The van der Waals surface area contributed by atoms with E-state index in [9.17, 15) is 4.79 Å². The minimum atomic E-state index is -0.290. The molecule has 2 aromatic heterocycles. The minimum absolute atomic E-state index is 0.249. The lowest BCUT2D eigenvalue weighted by Gasteiger charge is -2.16. The van der Waals surface area contributed by atoms with E-state index in [0.717, 1.165) is 16.9 Å². The number of halogens is 2. The number of urea groups is 1. The third-order valence-electron chi connectivity index (χ3n) is 3.81.